The summed E-state index contributed by atoms with van der Waals surface area (Å²) in [5.41, 5.74) is 1.92. The highest BCUT2D eigenvalue weighted by Crippen LogP contribution is 2.15. The molecule has 0 radical (unpaired) electrons. The van der Waals surface area contributed by atoms with Crippen LogP contribution >= 0.6 is 0 Å². The van der Waals surface area contributed by atoms with Crippen molar-refractivity contribution in [3.63, 3.8) is 0 Å². The molecule has 1 heterocycles. The van der Waals surface area contributed by atoms with Crippen molar-refractivity contribution in [1.29, 1.82) is 0 Å². The maximum absolute atomic E-state index is 12.5. The number of nitrogens with zero attached hydrogens (tertiary/aromatic N) is 1. The van der Waals surface area contributed by atoms with Crippen LogP contribution in [0.4, 0.5) is 0 Å². The van der Waals surface area contributed by atoms with Crippen molar-refractivity contribution in [3.05, 3.63) is 65.7 Å². The van der Waals surface area contributed by atoms with Crippen molar-refractivity contribution >= 4 is 11.8 Å². The van der Waals surface area contributed by atoms with Crippen LogP contribution in [0.25, 0.3) is 0 Å². The summed E-state index contributed by atoms with van der Waals surface area (Å²) in [6, 6.07) is 17.4. The van der Waals surface area contributed by atoms with Gasteiger partial charge in [0.2, 0.25) is 5.91 Å². The van der Waals surface area contributed by atoms with Crippen LogP contribution in [0.2, 0.25) is 0 Å². The van der Waals surface area contributed by atoms with E-state index in [9.17, 15) is 9.59 Å². The highest BCUT2D eigenvalue weighted by atomic mass is 16.5. The predicted molar refractivity (Wildman–Crippen MR) is 109 cm³/mol. The predicted octanol–water partition coefficient (Wildman–Crippen LogP) is 3.58. The summed E-state index contributed by atoms with van der Waals surface area (Å²) in [6.07, 6.45) is 2.73. The zero-order chi connectivity index (χ0) is 19.8. The molecular formula is C23H28N2O3. The Morgan fingerprint density at radius 3 is 2.39 bits per heavy atom. The molecule has 3 rings (SSSR count). The third kappa shape index (κ3) is 5.84. The van der Waals surface area contributed by atoms with Crippen molar-refractivity contribution in [2.24, 2.45) is 0 Å². The molecule has 2 aromatic carbocycles. The molecule has 0 spiro atoms. The Hall–Kier alpha value is -2.82. The Morgan fingerprint density at radius 1 is 1.04 bits per heavy atom. The molecule has 0 unspecified atom stereocenters. The van der Waals surface area contributed by atoms with E-state index in [1.54, 1.807) is 0 Å². The van der Waals surface area contributed by atoms with Crippen LogP contribution in [0, 0.1) is 6.92 Å². The SMILES string of the molecule is Cc1ccc(OCCCC(=O)NC2CCN(C(=O)c3ccccc3)CC2)cc1. The first-order chi connectivity index (χ1) is 13.6. The molecule has 1 fully saturated rings. The number of rotatable bonds is 7. The van der Waals surface area contributed by atoms with E-state index < -0.39 is 0 Å². The van der Waals surface area contributed by atoms with E-state index in [0.29, 0.717) is 32.5 Å². The summed E-state index contributed by atoms with van der Waals surface area (Å²) in [7, 11) is 0. The zero-order valence-corrected chi connectivity index (χ0v) is 16.4. The Labute approximate surface area is 166 Å². The van der Waals surface area contributed by atoms with Crippen LogP contribution in [0.3, 0.4) is 0 Å². The summed E-state index contributed by atoms with van der Waals surface area (Å²) in [4.78, 5) is 26.5. The maximum Gasteiger partial charge on any atom is 0.253 e. The van der Waals surface area contributed by atoms with E-state index in [1.807, 2.05) is 66.4 Å². The van der Waals surface area contributed by atoms with Crippen molar-refractivity contribution in [2.45, 2.75) is 38.6 Å². The van der Waals surface area contributed by atoms with Crippen LogP contribution in [-0.2, 0) is 4.79 Å². The summed E-state index contributed by atoms with van der Waals surface area (Å²) < 4.78 is 5.66. The molecular weight excluding hydrogens is 352 g/mol. The van der Waals surface area contributed by atoms with Gasteiger partial charge in [-0.15, -0.1) is 0 Å². The molecule has 28 heavy (non-hydrogen) atoms. The average Bonchev–Trinajstić information content (AvgIpc) is 2.73. The van der Waals surface area contributed by atoms with Crippen LogP contribution in [-0.4, -0.2) is 42.5 Å². The van der Waals surface area contributed by atoms with Gasteiger partial charge in [0.25, 0.3) is 5.91 Å². The molecule has 0 bridgehead atoms. The minimum Gasteiger partial charge on any atom is -0.494 e. The van der Waals surface area contributed by atoms with Crippen molar-refractivity contribution in [1.82, 2.24) is 10.2 Å². The molecule has 2 amide bonds. The Bertz CT molecular complexity index is 766. The van der Waals surface area contributed by atoms with Gasteiger partial charge in [-0.05, 0) is 50.5 Å². The van der Waals surface area contributed by atoms with E-state index >= 15 is 0 Å². The van der Waals surface area contributed by atoms with Gasteiger partial charge in [0, 0.05) is 31.1 Å². The molecule has 2 aromatic rings. The number of hydrogen-bond donors (Lipinski definition) is 1. The number of benzene rings is 2. The highest BCUT2D eigenvalue weighted by molar-refractivity contribution is 5.94. The second-order valence-electron chi connectivity index (χ2n) is 7.27. The summed E-state index contributed by atoms with van der Waals surface area (Å²) in [6.45, 7) is 3.92. The highest BCUT2D eigenvalue weighted by Gasteiger charge is 2.24. The van der Waals surface area contributed by atoms with Crippen LogP contribution in [0.5, 0.6) is 5.75 Å². The molecule has 0 saturated carbocycles. The summed E-state index contributed by atoms with van der Waals surface area (Å²) in [5, 5.41) is 3.09. The molecule has 1 saturated heterocycles. The van der Waals surface area contributed by atoms with E-state index in [1.165, 1.54) is 5.56 Å². The molecule has 0 atom stereocenters. The number of likely N-dealkylation sites (tertiary alicyclic amines) is 1. The first kappa shape index (κ1) is 19.9. The quantitative estimate of drug-likeness (QED) is 0.747. The van der Waals surface area contributed by atoms with Gasteiger partial charge in [0.1, 0.15) is 5.75 Å². The normalized spacial score (nSPS) is 14.5. The summed E-state index contributed by atoms with van der Waals surface area (Å²) in [5.74, 6) is 0.959. The number of ether oxygens (including phenoxy) is 1. The molecule has 1 N–H and O–H groups in total. The first-order valence-corrected chi connectivity index (χ1v) is 9.95. The van der Waals surface area contributed by atoms with Gasteiger partial charge >= 0.3 is 0 Å². The summed E-state index contributed by atoms with van der Waals surface area (Å²) >= 11 is 0. The minimum atomic E-state index is 0.0559. The number of hydrogen-bond acceptors (Lipinski definition) is 3. The largest absolute Gasteiger partial charge is 0.494 e. The fraction of sp³-hybridized carbons (Fsp3) is 0.391. The van der Waals surface area contributed by atoms with Crippen molar-refractivity contribution < 1.29 is 14.3 Å². The fourth-order valence-corrected chi connectivity index (χ4v) is 3.35. The van der Waals surface area contributed by atoms with Gasteiger partial charge in [0.05, 0.1) is 6.61 Å². The van der Waals surface area contributed by atoms with Crippen LogP contribution in [0.15, 0.2) is 54.6 Å². The second kappa shape index (κ2) is 9.93. The third-order valence-electron chi connectivity index (χ3n) is 5.01. The van der Waals surface area contributed by atoms with E-state index in [4.69, 9.17) is 4.74 Å². The first-order valence-electron chi connectivity index (χ1n) is 9.95. The molecule has 0 aliphatic carbocycles. The second-order valence-corrected chi connectivity index (χ2v) is 7.27. The van der Waals surface area contributed by atoms with Crippen molar-refractivity contribution in [3.8, 4) is 5.75 Å². The Morgan fingerprint density at radius 2 is 1.71 bits per heavy atom. The van der Waals surface area contributed by atoms with E-state index in [-0.39, 0.29) is 17.9 Å². The van der Waals surface area contributed by atoms with Gasteiger partial charge in [-0.3, -0.25) is 9.59 Å². The minimum absolute atomic E-state index is 0.0559. The lowest BCUT2D eigenvalue weighted by Gasteiger charge is -2.32. The smallest absolute Gasteiger partial charge is 0.253 e. The molecule has 5 nitrogen and oxygen atoms in total. The molecule has 148 valence electrons. The van der Waals surface area contributed by atoms with Gasteiger partial charge in [-0.2, -0.15) is 0 Å². The van der Waals surface area contributed by atoms with Crippen molar-refractivity contribution in [2.75, 3.05) is 19.7 Å². The number of piperidine rings is 1. The molecule has 1 aliphatic heterocycles. The molecule has 1 aliphatic rings. The topological polar surface area (TPSA) is 58.6 Å². The van der Waals surface area contributed by atoms with E-state index in [2.05, 4.69) is 5.32 Å². The standard InChI is InChI=1S/C23H28N2O3/c1-18-9-11-21(12-10-18)28-17-5-8-22(26)24-20-13-15-25(16-14-20)23(27)19-6-3-2-4-7-19/h2-4,6-7,9-12,20H,5,8,13-17H2,1H3,(H,24,26). The number of carbonyl (C=O) groups excluding carboxylic acids is 2. The average molecular weight is 380 g/mol. The van der Waals surface area contributed by atoms with Crippen LogP contribution in [0.1, 0.15) is 41.6 Å². The van der Waals surface area contributed by atoms with Crippen LogP contribution < -0.4 is 10.1 Å². The Balaban J connectivity index is 1.32. The fourth-order valence-electron chi connectivity index (χ4n) is 3.35. The number of amides is 2. The zero-order valence-electron chi connectivity index (χ0n) is 16.4. The lowest BCUT2D eigenvalue weighted by molar-refractivity contribution is -0.122. The van der Waals surface area contributed by atoms with Gasteiger partial charge in [0.15, 0.2) is 0 Å². The maximum atomic E-state index is 12.5. The number of aryl methyl sites for hydroxylation is 1. The monoisotopic (exact) mass is 380 g/mol. The van der Waals surface area contributed by atoms with Gasteiger partial charge in [-0.25, -0.2) is 0 Å². The van der Waals surface area contributed by atoms with E-state index in [0.717, 1.165) is 24.2 Å². The Kier molecular flexibility index (Phi) is 7.06. The lowest BCUT2D eigenvalue weighted by atomic mass is 10.0. The van der Waals surface area contributed by atoms with Gasteiger partial charge in [-0.1, -0.05) is 35.9 Å². The lowest BCUT2D eigenvalue weighted by Crippen LogP contribution is -2.46. The molecule has 5 heteroatoms. The number of nitrogens with one attached hydrogen (secondary N) is 1. The number of carbonyl (C=O) groups is 2. The third-order valence-corrected chi connectivity index (χ3v) is 5.01. The molecule has 0 aromatic heterocycles. The van der Waals surface area contributed by atoms with Gasteiger partial charge < -0.3 is 15.0 Å².